The maximum atomic E-state index is 13.0. The number of alkyl halides is 3. The number of anilines is 1. The molecule has 0 spiro atoms. The van der Waals surface area contributed by atoms with Gasteiger partial charge in [0.15, 0.2) is 6.61 Å². The van der Waals surface area contributed by atoms with Crippen molar-refractivity contribution in [1.82, 2.24) is 9.97 Å². The van der Waals surface area contributed by atoms with Crippen molar-refractivity contribution in [2.75, 3.05) is 12.8 Å². The van der Waals surface area contributed by atoms with Crippen LogP contribution in [0.15, 0.2) is 58.3 Å². The minimum Gasteiger partial charge on any atom is -0.496 e. The summed E-state index contributed by atoms with van der Waals surface area (Å²) >= 11 is 9.50. The van der Waals surface area contributed by atoms with E-state index >= 15 is 0 Å². The number of ether oxygens (including phenoxy) is 1. The van der Waals surface area contributed by atoms with E-state index in [9.17, 15) is 13.2 Å². The average molecular weight is 516 g/mol. The average Bonchev–Trinajstić information content (AvgIpc) is 2.71. The number of oxime groups is 1. The Morgan fingerprint density at radius 2 is 2.00 bits per heavy atom. The molecule has 0 aliphatic heterocycles. The fourth-order valence-corrected chi connectivity index (χ4v) is 3.35. The molecule has 0 radical (unpaired) electrons. The molecule has 0 saturated heterocycles. The van der Waals surface area contributed by atoms with Gasteiger partial charge in [0.05, 0.1) is 27.9 Å². The third-order valence-electron chi connectivity index (χ3n) is 4.01. The molecule has 2 heterocycles. The van der Waals surface area contributed by atoms with Crippen molar-refractivity contribution in [3.63, 3.8) is 0 Å². The van der Waals surface area contributed by atoms with Gasteiger partial charge in [0.2, 0.25) is 0 Å². The van der Waals surface area contributed by atoms with Crippen molar-refractivity contribution in [3.8, 4) is 5.75 Å². The Labute approximate surface area is 189 Å². The Kier molecular flexibility index (Phi) is 7.01. The van der Waals surface area contributed by atoms with Gasteiger partial charge in [-0.2, -0.15) is 13.2 Å². The van der Waals surface area contributed by atoms with Gasteiger partial charge in [0.1, 0.15) is 23.0 Å². The van der Waals surface area contributed by atoms with Gasteiger partial charge < -0.3 is 15.3 Å². The van der Waals surface area contributed by atoms with Crippen molar-refractivity contribution >= 4 is 39.1 Å². The van der Waals surface area contributed by atoms with Gasteiger partial charge in [-0.05, 0) is 52.3 Å². The lowest BCUT2D eigenvalue weighted by molar-refractivity contribution is -0.137. The van der Waals surface area contributed by atoms with Gasteiger partial charge in [0, 0.05) is 11.8 Å². The first-order chi connectivity index (χ1) is 14.7. The molecule has 0 unspecified atom stereocenters. The van der Waals surface area contributed by atoms with Crippen molar-refractivity contribution in [3.05, 3.63) is 80.7 Å². The van der Waals surface area contributed by atoms with Crippen LogP contribution < -0.4 is 10.5 Å². The SMILES string of the molecule is COc1ccc(C(=NOCc2cccc(N)n2)c2ncc(C(F)(F)F)cc2Cl)cc1Br. The molecular weight excluding hydrogens is 501 g/mol. The van der Waals surface area contributed by atoms with E-state index in [1.54, 1.807) is 36.4 Å². The molecule has 0 atom stereocenters. The molecule has 0 bridgehead atoms. The standard InChI is InChI=1S/C20H15BrClF3N4O2/c1-30-16-6-5-11(7-14(16)21)18(29-31-10-13-3-2-4-17(26)28-13)19-15(22)8-12(9-27-19)20(23,24)25/h2-9H,10H2,1H3,(H2,26,28). The largest absolute Gasteiger partial charge is 0.496 e. The molecule has 2 aromatic heterocycles. The fourth-order valence-electron chi connectivity index (χ4n) is 2.56. The molecule has 0 aliphatic rings. The van der Waals surface area contributed by atoms with Gasteiger partial charge in [0.25, 0.3) is 0 Å². The lowest BCUT2D eigenvalue weighted by Crippen LogP contribution is -2.12. The first kappa shape index (κ1) is 22.8. The Morgan fingerprint density at radius 1 is 1.23 bits per heavy atom. The van der Waals surface area contributed by atoms with Crippen molar-refractivity contribution in [2.24, 2.45) is 5.16 Å². The van der Waals surface area contributed by atoms with E-state index in [-0.39, 0.29) is 23.0 Å². The summed E-state index contributed by atoms with van der Waals surface area (Å²) in [5, 5.41) is 3.85. The maximum absolute atomic E-state index is 13.0. The van der Waals surface area contributed by atoms with Crippen LogP contribution in [-0.2, 0) is 17.6 Å². The number of benzene rings is 1. The molecule has 0 aliphatic carbocycles. The molecular formula is C20H15BrClF3N4O2. The van der Waals surface area contributed by atoms with Crippen LogP contribution in [-0.4, -0.2) is 22.8 Å². The van der Waals surface area contributed by atoms with Crippen LogP contribution in [0.5, 0.6) is 5.75 Å². The number of hydrogen-bond acceptors (Lipinski definition) is 6. The quantitative estimate of drug-likeness (QED) is 0.348. The number of nitrogens with two attached hydrogens (primary N) is 1. The minimum absolute atomic E-state index is 0.0206. The zero-order chi connectivity index (χ0) is 22.6. The van der Waals surface area contributed by atoms with E-state index in [0.717, 1.165) is 6.07 Å². The summed E-state index contributed by atoms with van der Waals surface area (Å²) in [6.07, 6.45) is -3.89. The van der Waals surface area contributed by atoms with Crippen LogP contribution in [0, 0.1) is 0 Å². The van der Waals surface area contributed by atoms with E-state index in [1.807, 2.05) is 0 Å². The predicted octanol–water partition coefficient (Wildman–Crippen LogP) is 5.47. The van der Waals surface area contributed by atoms with Crippen molar-refractivity contribution in [1.29, 1.82) is 0 Å². The van der Waals surface area contributed by atoms with Gasteiger partial charge in [-0.1, -0.05) is 22.8 Å². The lowest BCUT2D eigenvalue weighted by atomic mass is 10.1. The molecule has 162 valence electrons. The summed E-state index contributed by atoms with van der Waals surface area (Å²) in [7, 11) is 1.50. The molecule has 2 N–H and O–H groups in total. The Balaban J connectivity index is 2.01. The summed E-state index contributed by atoms with van der Waals surface area (Å²) in [5.74, 6) is 0.872. The Hall–Kier alpha value is -2.85. The number of hydrogen-bond donors (Lipinski definition) is 1. The molecule has 11 heteroatoms. The number of pyridine rings is 2. The first-order valence-corrected chi connectivity index (χ1v) is 9.84. The smallest absolute Gasteiger partial charge is 0.417 e. The van der Waals surface area contributed by atoms with Crippen LogP contribution in [0.4, 0.5) is 19.0 Å². The highest BCUT2D eigenvalue weighted by atomic mass is 79.9. The third kappa shape index (κ3) is 5.65. The number of nitrogen functional groups attached to an aromatic ring is 1. The van der Waals surface area contributed by atoms with E-state index in [1.165, 1.54) is 7.11 Å². The molecule has 3 aromatic rings. The maximum Gasteiger partial charge on any atom is 0.417 e. The van der Waals surface area contributed by atoms with Crippen LogP contribution in [0.2, 0.25) is 5.02 Å². The van der Waals surface area contributed by atoms with Crippen LogP contribution >= 0.6 is 27.5 Å². The molecule has 0 amide bonds. The normalized spacial score (nSPS) is 12.0. The summed E-state index contributed by atoms with van der Waals surface area (Å²) in [5.41, 5.74) is 5.83. The molecule has 3 rings (SSSR count). The Morgan fingerprint density at radius 3 is 2.61 bits per heavy atom. The molecule has 31 heavy (non-hydrogen) atoms. The zero-order valence-corrected chi connectivity index (χ0v) is 18.3. The van der Waals surface area contributed by atoms with Crippen LogP contribution in [0.3, 0.4) is 0 Å². The number of methoxy groups -OCH3 is 1. The lowest BCUT2D eigenvalue weighted by Gasteiger charge is -2.12. The molecule has 1 aromatic carbocycles. The highest BCUT2D eigenvalue weighted by Gasteiger charge is 2.32. The van der Waals surface area contributed by atoms with Crippen LogP contribution in [0.1, 0.15) is 22.5 Å². The fraction of sp³-hybridized carbons (Fsp3) is 0.150. The molecule has 0 saturated carbocycles. The number of nitrogens with zero attached hydrogens (tertiary/aromatic N) is 3. The van der Waals surface area contributed by atoms with E-state index in [2.05, 4.69) is 31.1 Å². The monoisotopic (exact) mass is 514 g/mol. The topological polar surface area (TPSA) is 82.6 Å². The highest BCUT2D eigenvalue weighted by molar-refractivity contribution is 9.10. The minimum atomic E-state index is -4.58. The highest BCUT2D eigenvalue weighted by Crippen LogP contribution is 2.32. The van der Waals surface area contributed by atoms with Crippen molar-refractivity contribution < 1.29 is 22.7 Å². The summed E-state index contributed by atoms with van der Waals surface area (Å²) in [4.78, 5) is 13.4. The number of rotatable bonds is 6. The van der Waals surface area contributed by atoms with E-state index in [4.69, 9.17) is 26.9 Å². The second kappa shape index (κ2) is 9.52. The Bertz CT molecular complexity index is 1130. The molecule has 0 fully saturated rings. The van der Waals surface area contributed by atoms with E-state index in [0.29, 0.717) is 33.5 Å². The number of halogens is 5. The summed E-state index contributed by atoms with van der Waals surface area (Å²) in [6.45, 7) is -0.0237. The second-order valence-corrected chi connectivity index (χ2v) is 7.43. The van der Waals surface area contributed by atoms with Crippen LogP contribution in [0.25, 0.3) is 0 Å². The third-order valence-corrected chi connectivity index (χ3v) is 4.92. The number of aromatic nitrogens is 2. The van der Waals surface area contributed by atoms with E-state index < -0.39 is 11.7 Å². The molecule has 6 nitrogen and oxygen atoms in total. The van der Waals surface area contributed by atoms with Gasteiger partial charge in [-0.3, -0.25) is 4.98 Å². The van der Waals surface area contributed by atoms with Gasteiger partial charge >= 0.3 is 6.18 Å². The van der Waals surface area contributed by atoms with Crippen molar-refractivity contribution in [2.45, 2.75) is 12.8 Å². The first-order valence-electron chi connectivity index (χ1n) is 8.67. The summed E-state index contributed by atoms with van der Waals surface area (Å²) in [6, 6.07) is 10.8. The van der Waals surface area contributed by atoms with Gasteiger partial charge in [-0.25, -0.2) is 4.98 Å². The zero-order valence-electron chi connectivity index (χ0n) is 16.0. The summed E-state index contributed by atoms with van der Waals surface area (Å²) < 4.78 is 44.8. The predicted molar refractivity (Wildman–Crippen MR) is 114 cm³/mol. The van der Waals surface area contributed by atoms with Gasteiger partial charge in [-0.15, -0.1) is 0 Å². The second-order valence-electron chi connectivity index (χ2n) is 6.17.